The van der Waals surface area contributed by atoms with Crippen LogP contribution in [0.5, 0.6) is 5.75 Å². The highest BCUT2D eigenvalue weighted by molar-refractivity contribution is 5.97. The first-order chi connectivity index (χ1) is 8.73. The molecule has 0 radical (unpaired) electrons. The maximum atomic E-state index is 13.4. The summed E-state index contributed by atoms with van der Waals surface area (Å²) in [7, 11) is 0. The van der Waals surface area contributed by atoms with Gasteiger partial charge in [-0.05, 0) is 19.1 Å². The predicted octanol–water partition coefficient (Wildman–Crippen LogP) is 0.487. The van der Waals surface area contributed by atoms with Crippen LogP contribution in [0.15, 0.2) is 18.2 Å². The number of aromatic hydroxyl groups is 1. The third-order valence-corrected chi connectivity index (χ3v) is 2.38. The van der Waals surface area contributed by atoms with E-state index in [1.807, 2.05) is 0 Å². The summed E-state index contributed by atoms with van der Waals surface area (Å²) in [5.74, 6) is -3.60. The maximum absolute atomic E-state index is 13.4. The van der Waals surface area contributed by atoms with Gasteiger partial charge < -0.3 is 20.6 Å². The van der Waals surface area contributed by atoms with Crippen molar-refractivity contribution >= 4 is 11.9 Å². The summed E-state index contributed by atoms with van der Waals surface area (Å²) >= 11 is 0. The Kier molecular flexibility index (Phi) is 4.44. The van der Waals surface area contributed by atoms with Gasteiger partial charge in [-0.3, -0.25) is 9.59 Å². The Morgan fingerprint density at radius 2 is 2.05 bits per heavy atom. The summed E-state index contributed by atoms with van der Waals surface area (Å²) < 4.78 is 13.4. The smallest absolute Gasteiger partial charge is 0.306 e. The van der Waals surface area contributed by atoms with Gasteiger partial charge in [-0.2, -0.15) is 0 Å². The van der Waals surface area contributed by atoms with Gasteiger partial charge in [0.05, 0.1) is 12.0 Å². The first-order valence-corrected chi connectivity index (χ1v) is 5.43. The summed E-state index contributed by atoms with van der Waals surface area (Å²) in [6.45, 7) is 0.842. The second-order valence-corrected chi connectivity index (χ2v) is 4.38. The summed E-state index contributed by atoms with van der Waals surface area (Å²) in [5, 5.41) is 29.8. The molecule has 1 atom stereocenters. The summed E-state index contributed by atoms with van der Waals surface area (Å²) in [6.07, 6.45) is -0.573. The zero-order valence-corrected chi connectivity index (χ0v) is 10.2. The van der Waals surface area contributed by atoms with Crippen LogP contribution in [0.2, 0.25) is 0 Å². The quantitative estimate of drug-likeness (QED) is 0.623. The molecule has 1 rings (SSSR count). The Hall–Kier alpha value is -2.15. The Bertz CT molecular complexity index is 481. The largest absolute Gasteiger partial charge is 0.507 e. The van der Waals surface area contributed by atoms with E-state index in [-0.39, 0.29) is 6.54 Å². The number of hydrogen-bond donors (Lipinski definition) is 4. The van der Waals surface area contributed by atoms with Gasteiger partial charge in [0, 0.05) is 6.54 Å². The molecule has 104 valence electrons. The zero-order chi connectivity index (χ0) is 14.6. The number of carbonyl (C=O) groups is 2. The third-order valence-electron chi connectivity index (χ3n) is 2.38. The topological polar surface area (TPSA) is 107 Å². The number of halogens is 1. The third kappa shape index (κ3) is 4.22. The van der Waals surface area contributed by atoms with Crippen molar-refractivity contribution in [1.82, 2.24) is 5.32 Å². The summed E-state index contributed by atoms with van der Waals surface area (Å²) in [4.78, 5) is 22.1. The van der Waals surface area contributed by atoms with E-state index in [0.29, 0.717) is 0 Å². The zero-order valence-electron chi connectivity index (χ0n) is 10.2. The van der Waals surface area contributed by atoms with Crippen molar-refractivity contribution in [2.45, 2.75) is 18.9 Å². The van der Waals surface area contributed by atoms with Crippen molar-refractivity contribution in [3.8, 4) is 5.75 Å². The summed E-state index contributed by atoms with van der Waals surface area (Å²) in [5.41, 5.74) is -2.21. The number of benzene rings is 1. The molecule has 0 fully saturated rings. The van der Waals surface area contributed by atoms with Crippen LogP contribution in [0.1, 0.15) is 23.7 Å². The molecular weight excluding hydrogens is 257 g/mol. The lowest BCUT2D eigenvalue weighted by Crippen LogP contribution is -2.42. The maximum Gasteiger partial charge on any atom is 0.306 e. The average molecular weight is 271 g/mol. The second-order valence-electron chi connectivity index (χ2n) is 4.38. The van der Waals surface area contributed by atoms with Gasteiger partial charge in [-0.15, -0.1) is 0 Å². The van der Waals surface area contributed by atoms with E-state index in [1.54, 1.807) is 0 Å². The first-order valence-electron chi connectivity index (χ1n) is 5.43. The molecule has 0 aliphatic rings. The minimum Gasteiger partial charge on any atom is -0.507 e. The van der Waals surface area contributed by atoms with Crippen molar-refractivity contribution in [2.75, 3.05) is 6.54 Å². The van der Waals surface area contributed by atoms with Gasteiger partial charge in [0.25, 0.3) is 5.91 Å². The van der Waals surface area contributed by atoms with E-state index >= 15 is 0 Å². The molecular formula is C12H14FNO5. The van der Waals surface area contributed by atoms with Gasteiger partial charge in [-0.25, -0.2) is 4.39 Å². The fraction of sp³-hybridized carbons (Fsp3) is 0.333. The number of amides is 1. The van der Waals surface area contributed by atoms with Crippen LogP contribution in [0.4, 0.5) is 4.39 Å². The Balaban J connectivity index is 2.73. The minimum atomic E-state index is -1.66. The van der Waals surface area contributed by atoms with Gasteiger partial charge in [-0.1, -0.05) is 6.07 Å². The van der Waals surface area contributed by atoms with E-state index in [4.69, 9.17) is 5.11 Å². The van der Waals surface area contributed by atoms with Gasteiger partial charge in [0.1, 0.15) is 17.1 Å². The van der Waals surface area contributed by atoms with E-state index in [9.17, 15) is 24.2 Å². The van der Waals surface area contributed by atoms with Crippen LogP contribution in [-0.2, 0) is 4.79 Å². The number of rotatable bonds is 5. The van der Waals surface area contributed by atoms with Gasteiger partial charge in [0.15, 0.2) is 0 Å². The predicted molar refractivity (Wildman–Crippen MR) is 63.3 cm³/mol. The van der Waals surface area contributed by atoms with Crippen LogP contribution in [-0.4, -0.2) is 39.3 Å². The monoisotopic (exact) mass is 271 g/mol. The van der Waals surface area contributed by atoms with Crippen molar-refractivity contribution in [3.63, 3.8) is 0 Å². The number of carboxylic acid groups (broad SMARTS) is 1. The highest BCUT2D eigenvalue weighted by Crippen LogP contribution is 2.19. The van der Waals surface area contributed by atoms with E-state index in [0.717, 1.165) is 12.1 Å². The number of aliphatic hydroxyl groups is 1. The fourth-order valence-electron chi connectivity index (χ4n) is 1.48. The molecule has 7 heteroatoms. The number of phenolic OH excluding ortho intramolecular Hbond substituents is 1. The molecule has 0 aliphatic heterocycles. The number of aliphatic carboxylic acids is 1. The number of carbonyl (C=O) groups excluding carboxylic acids is 1. The van der Waals surface area contributed by atoms with Gasteiger partial charge >= 0.3 is 5.97 Å². The second kappa shape index (κ2) is 5.66. The molecule has 19 heavy (non-hydrogen) atoms. The molecule has 1 amide bonds. The standard InChI is InChI=1S/C12H14FNO5/c1-12(19,5-9(16)17)6-14-11(18)10-7(13)3-2-4-8(10)15/h2-4,15,19H,5-6H2,1H3,(H,14,18)(H,16,17). The molecule has 0 saturated carbocycles. The van der Waals surface area contributed by atoms with Crippen LogP contribution in [0.3, 0.4) is 0 Å². The lowest BCUT2D eigenvalue weighted by molar-refractivity contribution is -0.141. The molecule has 0 aliphatic carbocycles. The lowest BCUT2D eigenvalue weighted by Gasteiger charge is -2.21. The van der Waals surface area contributed by atoms with Crippen LogP contribution in [0.25, 0.3) is 0 Å². The average Bonchev–Trinajstić information content (AvgIpc) is 2.24. The Morgan fingerprint density at radius 1 is 1.42 bits per heavy atom. The molecule has 0 aromatic heterocycles. The fourth-order valence-corrected chi connectivity index (χ4v) is 1.48. The number of phenols is 1. The molecule has 0 bridgehead atoms. The summed E-state index contributed by atoms with van der Waals surface area (Å²) in [6, 6.07) is 3.39. The SMILES string of the molecule is CC(O)(CNC(=O)c1c(O)cccc1F)CC(=O)O. The van der Waals surface area contributed by atoms with Crippen LogP contribution < -0.4 is 5.32 Å². The van der Waals surface area contributed by atoms with Crippen molar-refractivity contribution in [2.24, 2.45) is 0 Å². The number of carboxylic acids is 1. The molecule has 0 heterocycles. The van der Waals surface area contributed by atoms with Gasteiger partial charge in [0.2, 0.25) is 0 Å². The molecule has 1 aromatic rings. The van der Waals surface area contributed by atoms with Crippen molar-refractivity contribution < 1.29 is 29.3 Å². The van der Waals surface area contributed by atoms with Crippen LogP contribution >= 0.6 is 0 Å². The van der Waals surface area contributed by atoms with E-state index in [2.05, 4.69) is 5.32 Å². The highest BCUT2D eigenvalue weighted by Gasteiger charge is 2.26. The molecule has 4 N–H and O–H groups in total. The first kappa shape index (κ1) is 14.9. The molecule has 1 unspecified atom stereocenters. The molecule has 0 spiro atoms. The van der Waals surface area contributed by atoms with Crippen LogP contribution in [0, 0.1) is 5.82 Å². The minimum absolute atomic E-state index is 0.383. The van der Waals surface area contributed by atoms with Crippen molar-refractivity contribution in [1.29, 1.82) is 0 Å². The molecule has 0 saturated heterocycles. The number of hydrogen-bond acceptors (Lipinski definition) is 4. The lowest BCUT2D eigenvalue weighted by atomic mass is 10.0. The van der Waals surface area contributed by atoms with E-state index in [1.165, 1.54) is 13.0 Å². The number of nitrogens with one attached hydrogen (secondary N) is 1. The molecule has 1 aromatic carbocycles. The molecule has 6 nitrogen and oxygen atoms in total. The highest BCUT2D eigenvalue weighted by atomic mass is 19.1. The Labute approximate surface area is 108 Å². The van der Waals surface area contributed by atoms with E-state index < -0.39 is 41.0 Å². The Morgan fingerprint density at radius 3 is 2.58 bits per heavy atom. The van der Waals surface area contributed by atoms with Crippen molar-refractivity contribution in [3.05, 3.63) is 29.6 Å². The normalized spacial score (nSPS) is 13.6.